The van der Waals surface area contributed by atoms with E-state index in [2.05, 4.69) is 4.90 Å². The molecule has 0 spiro atoms. The van der Waals surface area contributed by atoms with Crippen LogP contribution in [0.1, 0.15) is 11.1 Å². The first-order valence-corrected chi connectivity index (χ1v) is 8.43. The van der Waals surface area contributed by atoms with Crippen LogP contribution in [0, 0.1) is 19.7 Å². The number of benzene rings is 2. The molecule has 0 bridgehead atoms. The quantitative estimate of drug-likeness (QED) is 0.832. The van der Waals surface area contributed by atoms with E-state index in [0.717, 1.165) is 55.1 Å². The summed E-state index contributed by atoms with van der Waals surface area (Å²) in [4.78, 5) is 2.30. The third kappa shape index (κ3) is 4.13. The second-order valence-electron chi connectivity index (χ2n) is 6.24. The second-order valence-corrected chi connectivity index (χ2v) is 6.24. The number of aryl methyl sites for hydroxylation is 2. The van der Waals surface area contributed by atoms with Crippen molar-refractivity contribution < 1.29 is 13.9 Å². The van der Waals surface area contributed by atoms with Crippen LogP contribution in [0.2, 0.25) is 0 Å². The van der Waals surface area contributed by atoms with Crippen molar-refractivity contribution in [3.05, 3.63) is 53.3 Å². The normalized spacial score (nSPS) is 15.5. The third-order valence-electron chi connectivity index (χ3n) is 4.42. The first kappa shape index (κ1) is 16.9. The predicted molar refractivity (Wildman–Crippen MR) is 94.1 cm³/mol. The molecule has 2 aromatic carbocycles. The Morgan fingerprint density at radius 3 is 2.50 bits per heavy atom. The molecule has 0 atom stereocenters. The van der Waals surface area contributed by atoms with Crippen LogP contribution >= 0.6 is 0 Å². The van der Waals surface area contributed by atoms with Gasteiger partial charge in [-0.05, 0) is 48.2 Å². The molecule has 0 amide bonds. The zero-order valence-corrected chi connectivity index (χ0v) is 14.3. The molecule has 1 heterocycles. The van der Waals surface area contributed by atoms with Crippen molar-refractivity contribution in [1.29, 1.82) is 0 Å². The van der Waals surface area contributed by atoms with E-state index < -0.39 is 0 Å². The fraction of sp³-hybridized carbons (Fsp3) is 0.400. The summed E-state index contributed by atoms with van der Waals surface area (Å²) in [5, 5.41) is 0. The Balaban J connectivity index is 1.72. The van der Waals surface area contributed by atoms with Crippen molar-refractivity contribution >= 4 is 0 Å². The zero-order chi connectivity index (χ0) is 16.9. The maximum absolute atomic E-state index is 14.1. The van der Waals surface area contributed by atoms with E-state index in [1.807, 2.05) is 38.1 Å². The molecule has 1 saturated heterocycles. The smallest absolute Gasteiger partial charge is 0.127 e. The minimum absolute atomic E-state index is 0.267. The fourth-order valence-electron chi connectivity index (χ4n) is 3.18. The SMILES string of the molecule is Cc1cccc(C)c1-c1cc(F)cc(OCCN2CCOCC2)c1. The minimum atomic E-state index is -0.267. The van der Waals surface area contributed by atoms with Gasteiger partial charge in [-0.3, -0.25) is 4.90 Å². The monoisotopic (exact) mass is 329 g/mol. The van der Waals surface area contributed by atoms with Gasteiger partial charge in [0.1, 0.15) is 18.2 Å². The Bertz CT molecular complexity index is 676. The third-order valence-corrected chi connectivity index (χ3v) is 4.42. The van der Waals surface area contributed by atoms with Gasteiger partial charge in [0.05, 0.1) is 13.2 Å². The molecule has 0 aliphatic carbocycles. The molecule has 3 nitrogen and oxygen atoms in total. The van der Waals surface area contributed by atoms with Crippen LogP contribution in [0.25, 0.3) is 11.1 Å². The molecule has 1 aliphatic heterocycles. The molecule has 3 rings (SSSR count). The summed E-state index contributed by atoms with van der Waals surface area (Å²) < 4.78 is 25.2. The summed E-state index contributed by atoms with van der Waals surface area (Å²) in [6, 6.07) is 11.1. The fourth-order valence-corrected chi connectivity index (χ4v) is 3.18. The molecule has 1 fully saturated rings. The van der Waals surface area contributed by atoms with Crippen LogP contribution < -0.4 is 4.74 Å². The van der Waals surface area contributed by atoms with Crippen molar-refractivity contribution in [3.8, 4) is 16.9 Å². The molecular weight excluding hydrogens is 305 g/mol. The topological polar surface area (TPSA) is 21.7 Å². The molecule has 2 aromatic rings. The maximum atomic E-state index is 14.1. The van der Waals surface area contributed by atoms with Gasteiger partial charge in [-0.25, -0.2) is 4.39 Å². The summed E-state index contributed by atoms with van der Waals surface area (Å²) in [7, 11) is 0. The lowest BCUT2D eigenvalue weighted by Gasteiger charge is -2.26. The van der Waals surface area contributed by atoms with E-state index in [1.165, 1.54) is 6.07 Å². The van der Waals surface area contributed by atoms with Crippen LogP contribution in [-0.2, 0) is 4.74 Å². The first-order chi connectivity index (χ1) is 11.6. The van der Waals surface area contributed by atoms with Gasteiger partial charge in [0, 0.05) is 25.7 Å². The van der Waals surface area contributed by atoms with E-state index in [4.69, 9.17) is 9.47 Å². The Hall–Kier alpha value is -1.91. The van der Waals surface area contributed by atoms with Crippen LogP contribution in [0.15, 0.2) is 36.4 Å². The van der Waals surface area contributed by atoms with E-state index in [9.17, 15) is 4.39 Å². The number of nitrogens with zero attached hydrogens (tertiary/aromatic N) is 1. The first-order valence-electron chi connectivity index (χ1n) is 8.43. The van der Waals surface area contributed by atoms with Gasteiger partial charge in [0.15, 0.2) is 0 Å². The highest BCUT2D eigenvalue weighted by atomic mass is 19.1. The maximum Gasteiger partial charge on any atom is 0.127 e. The van der Waals surface area contributed by atoms with Crippen molar-refractivity contribution in [2.75, 3.05) is 39.5 Å². The van der Waals surface area contributed by atoms with Gasteiger partial charge in [-0.2, -0.15) is 0 Å². The average molecular weight is 329 g/mol. The van der Waals surface area contributed by atoms with Gasteiger partial charge >= 0.3 is 0 Å². The van der Waals surface area contributed by atoms with E-state index in [-0.39, 0.29) is 5.82 Å². The molecule has 0 saturated carbocycles. The van der Waals surface area contributed by atoms with Crippen LogP contribution in [0.5, 0.6) is 5.75 Å². The molecule has 128 valence electrons. The largest absolute Gasteiger partial charge is 0.492 e. The lowest BCUT2D eigenvalue weighted by Crippen LogP contribution is -2.38. The molecule has 0 N–H and O–H groups in total. The van der Waals surface area contributed by atoms with E-state index in [1.54, 1.807) is 6.07 Å². The average Bonchev–Trinajstić information content (AvgIpc) is 2.55. The van der Waals surface area contributed by atoms with Crippen molar-refractivity contribution in [2.24, 2.45) is 0 Å². The molecule has 24 heavy (non-hydrogen) atoms. The standard InChI is InChI=1S/C20H24FNO2/c1-15-4-3-5-16(2)20(15)17-12-18(21)14-19(13-17)24-11-8-22-6-9-23-10-7-22/h3-5,12-14H,6-11H2,1-2H3. The second kappa shape index (κ2) is 7.77. The Morgan fingerprint density at radius 2 is 1.79 bits per heavy atom. The number of halogens is 1. The van der Waals surface area contributed by atoms with Gasteiger partial charge in [0.25, 0.3) is 0 Å². The molecule has 4 heteroatoms. The molecule has 1 aliphatic rings. The highest BCUT2D eigenvalue weighted by molar-refractivity contribution is 5.71. The molecular formula is C20H24FNO2. The van der Waals surface area contributed by atoms with Crippen LogP contribution in [0.3, 0.4) is 0 Å². The molecule has 0 radical (unpaired) electrons. The zero-order valence-electron chi connectivity index (χ0n) is 14.3. The number of rotatable bonds is 5. The highest BCUT2D eigenvalue weighted by Crippen LogP contribution is 2.30. The van der Waals surface area contributed by atoms with Gasteiger partial charge in [-0.15, -0.1) is 0 Å². The summed E-state index contributed by atoms with van der Waals surface area (Å²) in [6.07, 6.45) is 0. The summed E-state index contributed by atoms with van der Waals surface area (Å²) in [6.45, 7) is 8.89. The minimum Gasteiger partial charge on any atom is -0.492 e. The number of ether oxygens (including phenoxy) is 2. The number of hydrogen-bond acceptors (Lipinski definition) is 3. The van der Waals surface area contributed by atoms with Crippen LogP contribution in [0.4, 0.5) is 4.39 Å². The lowest BCUT2D eigenvalue weighted by molar-refractivity contribution is 0.0322. The highest BCUT2D eigenvalue weighted by Gasteiger charge is 2.11. The van der Waals surface area contributed by atoms with Gasteiger partial charge in [0.2, 0.25) is 0 Å². The summed E-state index contributed by atoms with van der Waals surface area (Å²) in [5.74, 6) is 0.317. The molecule has 0 unspecified atom stereocenters. The predicted octanol–water partition coefficient (Wildman–Crippen LogP) is 3.82. The van der Waals surface area contributed by atoms with Crippen molar-refractivity contribution in [2.45, 2.75) is 13.8 Å². The molecule has 0 aromatic heterocycles. The Kier molecular flexibility index (Phi) is 5.48. The Labute approximate surface area is 143 Å². The van der Waals surface area contributed by atoms with Crippen molar-refractivity contribution in [1.82, 2.24) is 4.90 Å². The number of hydrogen-bond donors (Lipinski definition) is 0. The summed E-state index contributed by atoms with van der Waals surface area (Å²) in [5.41, 5.74) is 4.22. The van der Waals surface area contributed by atoms with Crippen LogP contribution in [-0.4, -0.2) is 44.4 Å². The lowest BCUT2D eigenvalue weighted by atomic mass is 9.95. The summed E-state index contributed by atoms with van der Waals surface area (Å²) >= 11 is 0. The van der Waals surface area contributed by atoms with Crippen molar-refractivity contribution in [3.63, 3.8) is 0 Å². The van der Waals surface area contributed by atoms with E-state index >= 15 is 0 Å². The van der Waals surface area contributed by atoms with E-state index in [0.29, 0.717) is 12.4 Å². The number of morpholine rings is 1. The van der Waals surface area contributed by atoms with Gasteiger partial charge in [-0.1, -0.05) is 18.2 Å². The van der Waals surface area contributed by atoms with Gasteiger partial charge < -0.3 is 9.47 Å². The Morgan fingerprint density at radius 1 is 1.08 bits per heavy atom.